The summed E-state index contributed by atoms with van der Waals surface area (Å²) in [5, 5.41) is 5.50. The second kappa shape index (κ2) is 4.36. The highest BCUT2D eigenvalue weighted by molar-refractivity contribution is 8.31. The van der Waals surface area contributed by atoms with Crippen LogP contribution in [0.3, 0.4) is 0 Å². The molecule has 3 nitrogen and oxygen atoms in total. The molecule has 1 N–H and O–H groups in total. The lowest BCUT2D eigenvalue weighted by atomic mass is 11.8. The van der Waals surface area contributed by atoms with Crippen LogP contribution >= 0.6 is 21.4 Å². The highest BCUT2D eigenvalue weighted by atomic mass is 36.0. The number of hydrogen-bond donors (Lipinski definition) is 1. The van der Waals surface area contributed by atoms with E-state index in [9.17, 15) is 0 Å². The molecule has 0 spiro atoms. The molecule has 0 aliphatic rings. The molecule has 0 amide bonds. The smallest absolute Gasteiger partial charge is 0.317 e. The van der Waals surface area contributed by atoms with Gasteiger partial charge < -0.3 is 5.41 Å². The van der Waals surface area contributed by atoms with Crippen LogP contribution in [0.15, 0.2) is 0 Å². The maximum absolute atomic E-state index is 9.16. The van der Waals surface area contributed by atoms with Crippen LogP contribution in [0.4, 0.5) is 0 Å². The van der Waals surface area contributed by atoms with Gasteiger partial charge in [-0.05, 0) is 6.72 Å². The molecule has 0 heterocycles. The Labute approximate surface area is 50.7 Å². The molecule has 0 aromatic rings. The van der Waals surface area contributed by atoms with Gasteiger partial charge in [0, 0.05) is 21.4 Å². The average molecular weight is 164 g/mol. The first-order chi connectivity index (χ1) is 3.00. The molecule has 0 radical (unpaired) electrons. The van der Waals surface area contributed by atoms with E-state index in [-0.39, 0.29) is 0 Å². The van der Waals surface area contributed by atoms with E-state index in [4.69, 9.17) is 13.8 Å². The summed E-state index contributed by atoms with van der Waals surface area (Å²) in [5.74, 6) is 0. The molecule has 0 rings (SSSR count). The Kier molecular flexibility index (Phi) is 6.38. The van der Waals surface area contributed by atoms with Crippen LogP contribution in [0.5, 0.6) is 0 Å². The van der Waals surface area contributed by atoms with E-state index in [1.165, 1.54) is 0 Å². The molecule has 6 heteroatoms. The summed E-state index contributed by atoms with van der Waals surface area (Å²) in [4.78, 5) is 0. The molecule has 0 unspecified atom stereocenters. The molecule has 0 aliphatic carbocycles. The van der Waals surface area contributed by atoms with Gasteiger partial charge in [-0.15, -0.1) is 0 Å². The van der Waals surface area contributed by atoms with Crippen molar-refractivity contribution in [2.24, 2.45) is 0 Å². The van der Waals surface area contributed by atoms with Crippen LogP contribution in [0.2, 0.25) is 0 Å². The monoisotopic (exact) mass is 163 g/mol. The topological polar surface area (TPSA) is 58.0 Å². The van der Waals surface area contributed by atoms with E-state index < -0.39 is 8.26 Å². The van der Waals surface area contributed by atoms with Crippen molar-refractivity contribution < 1.29 is 8.42 Å². The molecule has 0 atom stereocenters. The molecule has 0 aliphatic heterocycles. The van der Waals surface area contributed by atoms with Gasteiger partial charge in [-0.1, -0.05) is 0 Å². The summed E-state index contributed by atoms with van der Waals surface area (Å²) in [6, 6.07) is 0. The second-order valence-electron chi connectivity index (χ2n) is 0.378. The van der Waals surface area contributed by atoms with Gasteiger partial charge in [-0.3, -0.25) is 0 Å². The van der Waals surface area contributed by atoms with Gasteiger partial charge in [0.1, 0.15) is 0 Å². The lowest BCUT2D eigenvalue weighted by molar-refractivity contribution is 0.621. The number of nitrogens with one attached hydrogen (secondary N) is 1. The summed E-state index contributed by atoms with van der Waals surface area (Å²) in [5.41, 5.74) is 0. The van der Waals surface area contributed by atoms with Gasteiger partial charge in [0.15, 0.2) is 0 Å². The zero-order valence-corrected chi connectivity index (χ0v) is 5.52. The van der Waals surface area contributed by atoms with Gasteiger partial charge in [-0.25, -0.2) is 0 Å². The molecular weight excluding hydrogens is 161 g/mol. The molecular formula is CH3Cl2NO2S. The predicted octanol–water partition coefficient (Wildman–Crippen LogP) is 0.975. The molecule has 0 aromatic carbocycles. The second-order valence-corrected chi connectivity index (χ2v) is 4.05. The van der Waals surface area contributed by atoms with Gasteiger partial charge >= 0.3 is 8.26 Å². The zero-order chi connectivity index (χ0) is 6.50. The van der Waals surface area contributed by atoms with Crippen LogP contribution < -0.4 is 0 Å². The van der Waals surface area contributed by atoms with Crippen molar-refractivity contribution in [1.29, 1.82) is 5.41 Å². The summed E-state index contributed by atoms with van der Waals surface area (Å²) in [7, 11) is 4.81. The van der Waals surface area contributed by atoms with E-state index in [0.29, 0.717) is 0 Å². The lowest BCUT2D eigenvalue weighted by Gasteiger charge is -1.61. The Bertz CT molecular complexity index is 110. The van der Waals surface area contributed by atoms with E-state index in [1.807, 2.05) is 0 Å². The van der Waals surface area contributed by atoms with Gasteiger partial charge in [0.2, 0.25) is 0 Å². The van der Waals surface area contributed by atoms with Crippen molar-refractivity contribution in [3.8, 4) is 0 Å². The molecule has 0 saturated carbocycles. The van der Waals surface area contributed by atoms with Crippen molar-refractivity contribution in [1.82, 2.24) is 0 Å². The fourth-order valence-electron chi connectivity index (χ4n) is 0. The van der Waals surface area contributed by atoms with Crippen LogP contribution in [0.25, 0.3) is 0 Å². The van der Waals surface area contributed by atoms with Crippen LogP contribution in [0.1, 0.15) is 0 Å². The average Bonchev–Trinajstić information content (AvgIpc) is 1.36. The maximum Gasteiger partial charge on any atom is 0.317 e. The first-order valence-corrected chi connectivity index (χ1v) is 4.13. The first-order valence-electron chi connectivity index (χ1n) is 0.995. The minimum absolute atomic E-state index is 2.50. The zero-order valence-electron chi connectivity index (χ0n) is 3.19. The molecule has 0 fully saturated rings. The fourth-order valence-corrected chi connectivity index (χ4v) is 0. The van der Waals surface area contributed by atoms with E-state index in [1.54, 1.807) is 0 Å². The molecule has 44 valence electrons. The van der Waals surface area contributed by atoms with Gasteiger partial charge in [0.05, 0.1) is 0 Å². The fraction of sp³-hybridized carbons (Fsp3) is 0. The first kappa shape index (κ1) is 10.2. The third kappa shape index (κ3) is 2730. The number of halogens is 2. The van der Waals surface area contributed by atoms with Crippen LogP contribution in [0, 0.1) is 5.41 Å². The molecule has 0 saturated heterocycles. The maximum atomic E-state index is 9.16. The number of hydrogen-bond acceptors (Lipinski definition) is 3. The summed E-state index contributed by atoms with van der Waals surface area (Å²) in [6.07, 6.45) is 0. The Hall–Kier alpha value is 0.200. The normalized spacial score (nSPS) is 8.86. The molecule has 7 heavy (non-hydrogen) atoms. The van der Waals surface area contributed by atoms with E-state index in [2.05, 4.69) is 28.1 Å². The Morgan fingerprint density at radius 2 is 1.29 bits per heavy atom. The van der Waals surface area contributed by atoms with E-state index in [0.717, 1.165) is 0 Å². The predicted molar refractivity (Wildman–Crippen MR) is 30.5 cm³/mol. The minimum atomic E-state index is -3.72. The summed E-state index contributed by atoms with van der Waals surface area (Å²) >= 11 is 0. The van der Waals surface area contributed by atoms with Crippen LogP contribution in [-0.4, -0.2) is 15.1 Å². The highest BCUT2D eigenvalue weighted by Gasteiger charge is 1.88. The highest BCUT2D eigenvalue weighted by Crippen LogP contribution is 1.98. The van der Waals surface area contributed by atoms with Crippen molar-refractivity contribution in [2.45, 2.75) is 0 Å². The van der Waals surface area contributed by atoms with E-state index >= 15 is 0 Å². The summed E-state index contributed by atoms with van der Waals surface area (Å²) in [6.45, 7) is 2.50. The van der Waals surface area contributed by atoms with Gasteiger partial charge in [-0.2, -0.15) is 8.42 Å². The Balaban J connectivity index is 0. The third-order valence-electron chi connectivity index (χ3n) is 0. The quantitative estimate of drug-likeness (QED) is 0.428. The minimum Gasteiger partial charge on any atom is -0.317 e. The van der Waals surface area contributed by atoms with Crippen molar-refractivity contribution in [3.05, 3.63) is 0 Å². The number of rotatable bonds is 0. The summed E-state index contributed by atoms with van der Waals surface area (Å²) < 4.78 is 18.3. The SMILES string of the molecule is C=N.O=S(=O)(Cl)Cl. The standard InChI is InChI=1S/CH3N.Cl2O2S/c1-2;1-5(2,3)4/h2H,1H2;. The van der Waals surface area contributed by atoms with Crippen molar-refractivity contribution in [3.63, 3.8) is 0 Å². The van der Waals surface area contributed by atoms with Crippen LogP contribution in [-0.2, 0) is 8.26 Å². The Morgan fingerprint density at radius 1 is 1.29 bits per heavy atom. The molecule has 0 aromatic heterocycles. The molecule has 0 bridgehead atoms. The third-order valence-corrected chi connectivity index (χ3v) is 0. The van der Waals surface area contributed by atoms with Gasteiger partial charge in [0.25, 0.3) is 0 Å². The van der Waals surface area contributed by atoms with Crippen molar-refractivity contribution >= 4 is 36.3 Å². The largest absolute Gasteiger partial charge is 0.317 e. The Morgan fingerprint density at radius 3 is 1.29 bits per heavy atom. The lowest BCUT2D eigenvalue weighted by Crippen LogP contribution is -1.63. The van der Waals surface area contributed by atoms with Crippen molar-refractivity contribution in [2.75, 3.05) is 0 Å².